The Labute approximate surface area is 171 Å². The summed E-state index contributed by atoms with van der Waals surface area (Å²) in [6, 6.07) is 3.69. The third kappa shape index (κ3) is 4.94. The van der Waals surface area contributed by atoms with Gasteiger partial charge in [0.05, 0.1) is 11.1 Å². The largest absolute Gasteiger partial charge is 0.471 e. The zero-order chi connectivity index (χ0) is 22.1. The minimum Gasteiger partial charge on any atom is -0.322 e. The molecule has 2 N–H and O–H groups in total. The summed E-state index contributed by atoms with van der Waals surface area (Å²) in [6.07, 6.45) is -6.19. The van der Waals surface area contributed by atoms with E-state index in [1.165, 1.54) is 0 Å². The van der Waals surface area contributed by atoms with Crippen LogP contribution < -0.4 is 10.6 Å². The number of thiophene rings is 1. The second kappa shape index (κ2) is 8.29. The maximum absolute atomic E-state index is 12.8. The van der Waals surface area contributed by atoms with Gasteiger partial charge in [0.15, 0.2) is 0 Å². The van der Waals surface area contributed by atoms with E-state index in [0.29, 0.717) is 18.4 Å². The summed E-state index contributed by atoms with van der Waals surface area (Å²) in [6.45, 7) is 0. The number of carbonyl (C=O) groups is 2. The number of hydrogen-bond acceptors (Lipinski definition) is 3. The van der Waals surface area contributed by atoms with Crippen LogP contribution >= 0.6 is 11.3 Å². The fourth-order valence-corrected chi connectivity index (χ4v) is 4.46. The number of aryl methyl sites for hydroxylation is 1. The van der Waals surface area contributed by atoms with E-state index < -0.39 is 29.7 Å². The van der Waals surface area contributed by atoms with Gasteiger partial charge in [-0.25, -0.2) is 0 Å². The Morgan fingerprint density at radius 1 is 0.867 bits per heavy atom. The van der Waals surface area contributed by atoms with Crippen LogP contribution in [-0.2, 0) is 23.8 Å². The molecule has 2 amide bonds. The van der Waals surface area contributed by atoms with Crippen molar-refractivity contribution in [3.8, 4) is 0 Å². The monoisotopic (exact) mass is 450 g/mol. The van der Waals surface area contributed by atoms with Gasteiger partial charge in [0.1, 0.15) is 5.00 Å². The second-order valence-corrected chi connectivity index (χ2v) is 7.85. The van der Waals surface area contributed by atoms with Crippen LogP contribution in [0.3, 0.4) is 0 Å². The summed E-state index contributed by atoms with van der Waals surface area (Å²) in [5.41, 5.74) is -0.355. The molecule has 1 heterocycles. The Kier molecular flexibility index (Phi) is 6.11. The van der Waals surface area contributed by atoms with Gasteiger partial charge in [0.25, 0.3) is 5.91 Å². The third-order valence-electron chi connectivity index (χ3n) is 4.60. The minimum atomic E-state index is -5.12. The van der Waals surface area contributed by atoms with Gasteiger partial charge in [-0.15, -0.1) is 11.3 Å². The molecule has 0 bridgehead atoms. The van der Waals surface area contributed by atoms with Gasteiger partial charge in [0, 0.05) is 10.6 Å². The molecule has 1 aromatic carbocycles. The molecule has 0 radical (unpaired) electrons. The topological polar surface area (TPSA) is 58.2 Å². The second-order valence-electron chi connectivity index (χ2n) is 6.75. The molecule has 1 aromatic heterocycles. The van der Waals surface area contributed by atoms with Gasteiger partial charge in [-0.05, 0) is 55.5 Å². The van der Waals surface area contributed by atoms with Crippen LogP contribution in [0, 0.1) is 0 Å². The number of alkyl halides is 6. The normalized spacial score (nSPS) is 14.6. The lowest BCUT2D eigenvalue weighted by Gasteiger charge is -2.12. The van der Waals surface area contributed by atoms with Gasteiger partial charge >= 0.3 is 18.3 Å². The van der Waals surface area contributed by atoms with Crippen LogP contribution in [0.2, 0.25) is 0 Å². The Morgan fingerprint density at radius 3 is 2.10 bits per heavy atom. The summed E-state index contributed by atoms with van der Waals surface area (Å²) < 4.78 is 76.1. The Morgan fingerprint density at radius 2 is 1.50 bits per heavy atom. The van der Waals surface area contributed by atoms with Crippen molar-refractivity contribution in [3.63, 3.8) is 0 Å². The third-order valence-corrected chi connectivity index (χ3v) is 5.81. The van der Waals surface area contributed by atoms with E-state index >= 15 is 0 Å². The molecule has 162 valence electrons. The summed E-state index contributed by atoms with van der Waals surface area (Å²) >= 11 is 0.923. The Hall–Kier alpha value is -2.56. The lowest BCUT2D eigenvalue weighted by Crippen LogP contribution is -2.30. The predicted octanol–water partition coefficient (Wildman–Crippen LogP) is 5.79. The molecule has 0 unspecified atom stereocenters. The van der Waals surface area contributed by atoms with Crippen LogP contribution in [0.15, 0.2) is 24.3 Å². The first kappa shape index (κ1) is 22.1. The predicted molar refractivity (Wildman–Crippen MR) is 99.7 cm³/mol. The van der Waals surface area contributed by atoms with Crippen molar-refractivity contribution < 1.29 is 35.9 Å². The van der Waals surface area contributed by atoms with E-state index in [2.05, 4.69) is 5.32 Å². The number of fused-ring (bicyclic) bond motifs is 1. The molecule has 2 aromatic rings. The van der Waals surface area contributed by atoms with E-state index in [1.807, 2.05) is 0 Å². The summed E-state index contributed by atoms with van der Waals surface area (Å²) in [7, 11) is 0. The molecule has 4 nitrogen and oxygen atoms in total. The number of amides is 2. The molecule has 1 aliphatic rings. The minimum absolute atomic E-state index is 0.0506. The van der Waals surface area contributed by atoms with Crippen LogP contribution in [-0.4, -0.2) is 18.0 Å². The highest BCUT2D eigenvalue weighted by Gasteiger charge is 2.40. The van der Waals surface area contributed by atoms with Crippen LogP contribution in [0.1, 0.15) is 45.6 Å². The van der Waals surface area contributed by atoms with E-state index in [4.69, 9.17) is 0 Å². The molecule has 1 aliphatic carbocycles. The van der Waals surface area contributed by atoms with Gasteiger partial charge in [0.2, 0.25) is 0 Å². The molecule has 0 aliphatic heterocycles. The van der Waals surface area contributed by atoms with Crippen molar-refractivity contribution in [2.45, 2.75) is 44.5 Å². The summed E-state index contributed by atoms with van der Waals surface area (Å²) in [4.78, 5) is 25.0. The fraction of sp³-hybridized carbons (Fsp3) is 0.368. The number of carbonyl (C=O) groups excluding carboxylic acids is 2. The van der Waals surface area contributed by atoms with Gasteiger partial charge in [-0.1, -0.05) is 6.42 Å². The van der Waals surface area contributed by atoms with Gasteiger partial charge < -0.3 is 10.6 Å². The molecule has 0 spiro atoms. The van der Waals surface area contributed by atoms with Gasteiger partial charge in [-0.2, -0.15) is 26.3 Å². The molecule has 0 saturated carbocycles. The highest BCUT2D eigenvalue weighted by atomic mass is 32.1. The van der Waals surface area contributed by atoms with Crippen molar-refractivity contribution >= 4 is 33.8 Å². The van der Waals surface area contributed by atoms with Crippen molar-refractivity contribution in [1.29, 1.82) is 0 Å². The first-order chi connectivity index (χ1) is 14.0. The van der Waals surface area contributed by atoms with Crippen molar-refractivity contribution in [2.24, 2.45) is 0 Å². The van der Waals surface area contributed by atoms with Crippen molar-refractivity contribution in [3.05, 3.63) is 45.8 Å². The van der Waals surface area contributed by atoms with E-state index in [9.17, 15) is 35.9 Å². The lowest BCUT2D eigenvalue weighted by molar-refractivity contribution is -0.167. The molecular weight excluding hydrogens is 434 g/mol. The number of hydrogen-bond donors (Lipinski definition) is 2. The molecule has 11 heteroatoms. The zero-order valence-corrected chi connectivity index (χ0v) is 16.2. The highest BCUT2D eigenvalue weighted by molar-refractivity contribution is 7.17. The van der Waals surface area contributed by atoms with Crippen LogP contribution in [0.25, 0.3) is 0 Å². The maximum atomic E-state index is 12.8. The molecule has 0 atom stereocenters. The molecule has 0 fully saturated rings. The number of rotatable bonds is 3. The average molecular weight is 450 g/mol. The van der Waals surface area contributed by atoms with Crippen LogP contribution in [0.5, 0.6) is 0 Å². The standard InChI is InChI=1S/C19H16F6N2O2S/c20-18(21,22)10-6-8-11(9-7-10)26-15(28)14-12-4-2-1-3-5-13(12)30-16(14)27-17(29)19(23,24)25/h6-9H,1-5H2,(H,26,28)(H,27,29). The van der Waals surface area contributed by atoms with E-state index in [-0.39, 0.29) is 16.3 Å². The average Bonchev–Trinajstić information content (AvgIpc) is 2.81. The SMILES string of the molecule is O=C(Nc1ccc(C(F)(F)F)cc1)c1c(NC(=O)C(F)(F)F)sc2c1CCCCC2. The number of nitrogens with one attached hydrogen (secondary N) is 2. The quantitative estimate of drug-likeness (QED) is 0.460. The highest BCUT2D eigenvalue weighted by Crippen LogP contribution is 2.39. The molecule has 3 rings (SSSR count). The zero-order valence-electron chi connectivity index (χ0n) is 15.3. The maximum Gasteiger partial charge on any atom is 0.471 e. The van der Waals surface area contributed by atoms with Crippen molar-refractivity contribution in [2.75, 3.05) is 10.6 Å². The van der Waals surface area contributed by atoms with Crippen molar-refractivity contribution in [1.82, 2.24) is 0 Å². The Bertz CT molecular complexity index is 948. The smallest absolute Gasteiger partial charge is 0.322 e. The molecular formula is C19H16F6N2O2S. The summed E-state index contributed by atoms with van der Waals surface area (Å²) in [5, 5.41) is 3.97. The number of halogens is 6. The lowest BCUT2D eigenvalue weighted by atomic mass is 10.0. The summed E-state index contributed by atoms with van der Waals surface area (Å²) in [5.74, 6) is -2.98. The van der Waals surface area contributed by atoms with E-state index in [1.54, 1.807) is 5.32 Å². The fourth-order valence-electron chi connectivity index (χ4n) is 3.18. The number of anilines is 2. The number of benzene rings is 1. The first-order valence-electron chi connectivity index (χ1n) is 8.98. The molecule has 0 saturated heterocycles. The van der Waals surface area contributed by atoms with Crippen LogP contribution in [0.4, 0.5) is 37.0 Å². The first-order valence-corrected chi connectivity index (χ1v) is 9.80. The van der Waals surface area contributed by atoms with Gasteiger partial charge in [-0.3, -0.25) is 9.59 Å². The Balaban J connectivity index is 1.91. The van der Waals surface area contributed by atoms with E-state index in [0.717, 1.165) is 59.7 Å². The molecule has 30 heavy (non-hydrogen) atoms.